The standard InChI is InChI=1S/C20H19F3N6/c1-13(2)19-27-26-18(11-25-28-24)29(19)12-14-3-5-15(6-4-14)16-7-9-17(10-8-16)20(21,22)23/h3-10,13H,11-12H2,1-2H3. The summed E-state index contributed by atoms with van der Waals surface area (Å²) >= 11 is 0. The average Bonchev–Trinajstić information content (AvgIpc) is 3.09. The first-order valence-electron chi connectivity index (χ1n) is 8.99. The van der Waals surface area contributed by atoms with Crippen LogP contribution in [0.4, 0.5) is 13.2 Å². The first-order valence-corrected chi connectivity index (χ1v) is 8.99. The number of azide groups is 1. The molecular formula is C20H19F3N6. The van der Waals surface area contributed by atoms with E-state index >= 15 is 0 Å². The maximum Gasteiger partial charge on any atom is 0.416 e. The Labute approximate surface area is 165 Å². The Morgan fingerprint density at radius 2 is 1.59 bits per heavy atom. The zero-order valence-electron chi connectivity index (χ0n) is 15.9. The van der Waals surface area contributed by atoms with E-state index in [4.69, 9.17) is 5.53 Å². The lowest BCUT2D eigenvalue weighted by Crippen LogP contribution is -2.10. The van der Waals surface area contributed by atoms with Crippen LogP contribution in [0.5, 0.6) is 0 Å². The predicted octanol–water partition coefficient (Wildman–Crippen LogP) is 5.95. The van der Waals surface area contributed by atoms with Gasteiger partial charge in [-0.15, -0.1) is 10.2 Å². The van der Waals surface area contributed by atoms with Crippen LogP contribution in [0.1, 0.15) is 42.5 Å². The molecule has 0 atom stereocenters. The molecule has 3 aromatic rings. The van der Waals surface area contributed by atoms with Gasteiger partial charge in [-0.3, -0.25) is 0 Å². The summed E-state index contributed by atoms with van der Waals surface area (Å²) in [4.78, 5) is 2.77. The second-order valence-corrected chi connectivity index (χ2v) is 6.88. The van der Waals surface area contributed by atoms with Crippen LogP contribution in [0.15, 0.2) is 53.6 Å². The Bertz CT molecular complexity index is 1010. The van der Waals surface area contributed by atoms with Crippen LogP contribution in [0.25, 0.3) is 21.6 Å². The van der Waals surface area contributed by atoms with Gasteiger partial charge in [-0.25, -0.2) is 0 Å². The Kier molecular flexibility index (Phi) is 5.89. The van der Waals surface area contributed by atoms with Gasteiger partial charge < -0.3 is 4.57 Å². The van der Waals surface area contributed by atoms with E-state index in [1.54, 1.807) is 0 Å². The summed E-state index contributed by atoms with van der Waals surface area (Å²) < 4.78 is 40.1. The Hall–Kier alpha value is -3.32. The quantitative estimate of drug-likeness (QED) is 0.291. The monoisotopic (exact) mass is 400 g/mol. The largest absolute Gasteiger partial charge is 0.416 e. The van der Waals surface area contributed by atoms with Gasteiger partial charge in [0.1, 0.15) is 11.6 Å². The maximum absolute atomic E-state index is 12.7. The van der Waals surface area contributed by atoms with Crippen molar-refractivity contribution in [2.24, 2.45) is 5.11 Å². The second kappa shape index (κ2) is 8.36. The molecule has 0 unspecified atom stereocenters. The lowest BCUT2D eigenvalue weighted by molar-refractivity contribution is -0.137. The summed E-state index contributed by atoms with van der Waals surface area (Å²) in [5, 5.41) is 11.9. The van der Waals surface area contributed by atoms with Gasteiger partial charge in [-0.1, -0.05) is 55.4 Å². The van der Waals surface area contributed by atoms with Crippen LogP contribution in [0.3, 0.4) is 0 Å². The van der Waals surface area contributed by atoms with Crippen molar-refractivity contribution in [1.82, 2.24) is 14.8 Å². The molecule has 3 rings (SSSR count). The van der Waals surface area contributed by atoms with Crippen molar-refractivity contribution in [2.45, 2.75) is 39.0 Å². The fraction of sp³-hybridized carbons (Fsp3) is 0.300. The van der Waals surface area contributed by atoms with Crippen LogP contribution in [0, 0.1) is 0 Å². The third-order valence-electron chi connectivity index (χ3n) is 4.49. The number of nitrogens with zero attached hydrogens (tertiary/aromatic N) is 6. The molecule has 0 amide bonds. The topological polar surface area (TPSA) is 79.5 Å². The van der Waals surface area contributed by atoms with Gasteiger partial charge in [0.05, 0.1) is 18.7 Å². The highest BCUT2D eigenvalue weighted by molar-refractivity contribution is 5.64. The van der Waals surface area contributed by atoms with E-state index in [2.05, 4.69) is 20.2 Å². The van der Waals surface area contributed by atoms with E-state index in [1.807, 2.05) is 42.7 Å². The number of hydrogen-bond acceptors (Lipinski definition) is 3. The van der Waals surface area contributed by atoms with Crippen LogP contribution < -0.4 is 0 Å². The number of aromatic nitrogens is 3. The third kappa shape index (κ3) is 4.75. The molecule has 1 aromatic heterocycles. The molecule has 0 radical (unpaired) electrons. The average molecular weight is 400 g/mol. The van der Waals surface area contributed by atoms with E-state index in [9.17, 15) is 13.2 Å². The van der Waals surface area contributed by atoms with Crippen molar-refractivity contribution in [3.63, 3.8) is 0 Å². The van der Waals surface area contributed by atoms with Gasteiger partial charge in [-0.2, -0.15) is 13.2 Å². The zero-order chi connectivity index (χ0) is 21.0. The van der Waals surface area contributed by atoms with Crippen molar-refractivity contribution in [1.29, 1.82) is 0 Å². The molecule has 0 saturated heterocycles. The van der Waals surface area contributed by atoms with E-state index in [0.717, 1.165) is 29.1 Å². The van der Waals surface area contributed by atoms with Crippen LogP contribution in [-0.4, -0.2) is 14.8 Å². The number of rotatable bonds is 6. The number of alkyl halides is 3. The predicted molar refractivity (Wildman–Crippen MR) is 103 cm³/mol. The van der Waals surface area contributed by atoms with Gasteiger partial charge in [0, 0.05) is 10.8 Å². The highest BCUT2D eigenvalue weighted by Crippen LogP contribution is 2.31. The highest BCUT2D eigenvalue weighted by Gasteiger charge is 2.29. The highest BCUT2D eigenvalue weighted by atomic mass is 19.4. The molecule has 0 aliphatic heterocycles. The molecule has 150 valence electrons. The number of halogens is 3. The zero-order valence-corrected chi connectivity index (χ0v) is 15.9. The molecule has 0 fully saturated rings. The Morgan fingerprint density at radius 3 is 2.10 bits per heavy atom. The lowest BCUT2D eigenvalue weighted by atomic mass is 10.0. The summed E-state index contributed by atoms with van der Waals surface area (Å²) in [5.74, 6) is 1.52. The van der Waals surface area contributed by atoms with Gasteiger partial charge in [0.25, 0.3) is 0 Å². The summed E-state index contributed by atoms with van der Waals surface area (Å²) in [6.45, 7) is 4.63. The summed E-state index contributed by atoms with van der Waals surface area (Å²) in [6, 6.07) is 12.6. The summed E-state index contributed by atoms with van der Waals surface area (Å²) in [5.41, 5.74) is 10.4. The fourth-order valence-electron chi connectivity index (χ4n) is 3.00. The molecular weight excluding hydrogens is 381 g/mol. The van der Waals surface area contributed by atoms with Crippen LogP contribution in [-0.2, 0) is 19.3 Å². The van der Waals surface area contributed by atoms with Crippen molar-refractivity contribution in [3.8, 4) is 11.1 Å². The van der Waals surface area contributed by atoms with E-state index in [1.165, 1.54) is 12.1 Å². The van der Waals surface area contributed by atoms with Crippen LogP contribution >= 0.6 is 0 Å². The Balaban J connectivity index is 1.83. The number of hydrogen-bond donors (Lipinski definition) is 0. The molecule has 0 bridgehead atoms. The molecule has 0 saturated carbocycles. The van der Waals surface area contributed by atoms with E-state index < -0.39 is 11.7 Å². The first kappa shape index (κ1) is 20.4. The maximum atomic E-state index is 12.7. The molecule has 0 aliphatic rings. The van der Waals surface area contributed by atoms with Crippen molar-refractivity contribution >= 4 is 0 Å². The number of benzene rings is 2. The van der Waals surface area contributed by atoms with Crippen molar-refractivity contribution in [3.05, 3.63) is 81.7 Å². The fourth-order valence-corrected chi connectivity index (χ4v) is 3.00. The van der Waals surface area contributed by atoms with Crippen LogP contribution in [0.2, 0.25) is 0 Å². The van der Waals surface area contributed by atoms with Gasteiger partial charge >= 0.3 is 6.18 Å². The lowest BCUT2D eigenvalue weighted by Gasteiger charge is -2.12. The van der Waals surface area contributed by atoms with Crippen molar-refractivity contribution in [2.75, 3.05) is 0 Å². The minimum atomic E-state index is -4.34. The van der Waals surface area contributed by atoms with Gasteiger partial charge in [0.15, 0.2) is 0 Å². The Morgan fingerprint density at radius 1 is 1.00 bits per heavy atom. The molecule has 6 nitrogen and oxygen atoms in total. The summed E-state index contributed by atoms with van der Waals surface area (Å²) in [7, 11) is 0. The molecule has 9 heteroatoms. The molecule has 0 spiro atoms. The van der Waals surface area contributed by atoms with E-state index in [-0.39, 0.29) is 12.5 Å². The minimum Gasteiger partial charge on any atom is -0.310 e. The van der Waals surface area contributed by atoms with E-state index in [0.29, 0.717) is 17.9 Å². The molecule has 0 N–H and O–H groups in total. The van der Waals surface area contributed by atoms with Crippen molar-refractivity contribution < 1.29 is 13.2 Å². The minimum absolute atomic E-state index is 0.111. The molecule has 0 aliphatic carbocycles. The first-order chi connectivity index (χ1) is 13.8. The smallest absolute Gasteiger partial charge is 0.310 e. The SMILES string of the molecule is CC(C)c1nnc(CN=[N+]=[N-])n1Cc1ccc(-c2ccc(C(F)(F)F)cc2)cc1. The van der Waals surface area contributed by atoms with Gasteiger partial charge in [0.2, 0.25) is 0 Å². The molecule has 2 aromatic carbocycles. The third-order valence-corrected chi connectivity index (χ3v) is 4.49. The van der Waals surface area contributed by atoms with Gasteiger partial charge in [-0.05, 0) is 34.4 Å². The second-order valence-electron chi connectivity index (χ2n) is 6.88. The normalized spacial score (nSPS) is 11.5. The summed E-state index contributed by atoms with van der Waals surface area (Å²) in [6.07, 6.45) is -4.34. The molecule has 1 heterocycles. The molecule has 29 heavy (non-hydrogen) atoms.